The number of amides is 1. The molecule has 5 heteroatoms. The molecule has 94 valence electrons. The number of fused-ring (bicyclic) bond motifs is 1. The molecular formula is C14H12N4O. The molecule has 1 amide bonds. The number of nitrogens with zero attached hydrogens (tertiary/aromatic N) is 3. The van der Waals surface area contributed by atoms with Crippen LogP contribution in [0.15, 0.2) is 48.8 Å². The van der Waals surface area contributed by atoms with Crippen LogP contribution in [0.5, 0.6) is 0 Å². The maximum Gasteiger partial charge on any atom is 0.276 e. The Labute approximate surface area is 109 Å². The van der Waals surface area contributed by atoms with Crippen molar-refractivity contribution < 1.29 is 4.79 Å². The summed E-state index contributed by atoms with van der Waals surface area (Å²) < 4.78 is 1.59. The molecule has 0 atom stereocenters. The van der Waals surface area contributed by atoms with Crippen LogP contribution in [0, 0.1) is 0 Å². The van der Waals surface area contributed by atoms with Crippen molar-refractivity contribution in [2.75, 3.05) is 5.32 Å². The van der Waals surface area contributed by atoms with Gasteiger partial charge >= 0.3 is 0 Å². The minimum absolute atomic E-state index is 0.237. The van der Waals surface area contributed by atoms with Gasteiger partial charge in [-0.2, -0.15) is 5.10 Å². The van der Waals surface area contributed by atoms with Gasteiger partial charge < -0.3 is 5.32 Å². The number of hydrogen-bond acceptors (Lipinski definition) is 3. The molecule has 3 aromatic rings. The second-order valence-corrected chi connectivity index (χ2v) is 4.21. The lowest BCUT2D eigenvalue weighted by atomic mass is 10.2. The van der Waals surface area contributed by atoms with Crippen LogP contribution in [-0.4, -0.2) is 20.7 Å². The molecule has 0 radical (unpaired) electrons. The number of para-hydroxylation sites is 1. The molecule has 19 heavy (non-hydrogen) atoms. The second kappa shape index (κ2) is 4.53. The minimum Gasteiger partial charge on any atom is -0.319 e. The van der Waals surface area contributed by atoms with E-state index in [0.717, 1.165) is 10.9 Å². The average molecular weight is 252 g/mol. The molecule has 5 nitrogen and oxygen atoms in total. The van der Waals surface area contributed by atoms with Crippen molar-refractivity contribution in [1.29, 1.82) is 0 Å². The van der Waals surface area contributed by atoms with Crippen molar-refractivity contribution in [3.63, 3.8) is 0 Å². The van der Waals surface area contributed by atoms with Crippen molar-refractivity contribution in [2.45, 2.75) is 0 Å². The first-order valence-corrected chi connectivity index (χ1v) is 5.89. The van der Waals surface area contributed by atoms with Crippen molar-refractivity contribution in [2.24, 2.45) is 7.05 Å². The molecule has 1 aromatic carbocycles. The smallest absolute Gasteiger partial charge is 0.276 e. The number of pyridine rings is 1. The summed E-state index contributed by atoms with van der Waals surface area (Å²) in [4.78, 5) is 16.3. The second-order valence-electron chi connectivity index (χ2n) is 4.21. The number of hydrogen-bond donors (Lipinski definition) is 1. The molecule has 0 aliphatic carbocycles. The molecule has 0 unspecified atom stereocenters. The van der Waals surface area contributed by atoms with Crippen LogP contribution in [0.3, 0.4) is 0 Å². The van der Waals surface area contributed by atoms with E-state index in [1.165, 1.54) is 0 Å². The molecule has 2 heterocycles. The molecule has 0 saturated carbocycles. The van der Waals surface area contributed by atoms with Crippen LogP contribution in [0.4, 0.5) is 5.69 Å². The van der Waals surface area contributed by atoms with Gasteiger partial charge in [-0.25, -0.2) is 0 Å². The lowest BCUT2D eigenvalue weighted by Gasteiger charge is -2.06. The van der Waals surface area contributed by atoms with E-state index in [2.05, 4.69) is 15.4 Å². The first-order valence-electron chi connectivity index (χ1n) is 5.89. The Bertz CT molecular complexity index is 743. The van der Waals surface area contributed by atoms with Crippen LogP contribution in [0.1, 0.15) is 10.5 Å². The molecule has 0 saturated heterocycles. The Morgan fingerprint density at radius 3 is 2.84 bits per heavy atom. The van der Waals surface area contributed by atoms with E-state index >= 15 is 0 Å². The van der Waals surface area contributed by atoms with Gasteiger partial charge in [-0.05, 0) is 18.2 Å². The van der Waals surface area contributed by atoms with Crippen LogP contribution < -0.4 is 5.32 Å². The maximum atomic E-state index is 12.1. The molecule has 0 bridgehead atoms. The van der Waals surface area contributed by atoms with Crippen LogP contribution in [0.2, 0.25) is 0 Å². The van der Waals surface area contributed by atoms with E-state index in [1.807, 2.05) is 30.3 Å². The van der Waals surface area contributed by atoms with E-state index in [0.29, 0.717) is 11.4 Å². The Balaban J connectivity index is 1.95. The number of rotatable bonds is 2. The number of carbonyl (C=O) groups excluding carboxylic acids is 1. The number of anilines is 1. The third-order valence-corrected chi connectivity index (χ3v) is 2.83. The monoisotopic (exact) mass is 252 g/mol. The quantitative estimate of drug-likeness (QED) is 0.760. The van der Waals surface area contributed by atoms with Gasteiger partial charge in [-0.15, -0.1) is 0 Å². The summed E-state index contributed by atoms with van der Waals surface area (Å²) in [7, 11) is 1.77. The first kappa shape index (κ1) is 11.4. The molecule has 1 N–H and O–H groups in total. The van der Waals surface area contributed by atoms with Gasteiger partial charge in [0.25, 0.3) is 5.91 Å². The zero-order valence-corrected chi connectivity index (χ0v) is 10.4. The van der Waals surface area contributed by atoms with Gasteiger partial charge in [-0.3, -0.25) is 14.5 Å². The highest BCUT2D eigenvalue weighted by atomic mass is 16.1. The largest absolute Gasteiger partial charge is 0.319 e. The zero-order valence-electron chi connectivity index (χ0n) is 10.4. The van der Waals surface area contributed by atoms with Gasteiger partial charge in [0.2, 0.25) is 0 Å². The minimum atomic E-state index is -0.237. The lowest BCUT2D eigenvalue weighted by Crippen LogP contribution is -2.13. The number of carbonyl (C=O) groups is 1. The summed E-state index contributed by atoms with van der Waals surface area (Å²) in [5, 5.41) is 7.90. The molecule has 0 spiro atoms. The molecule has 0 aliphatic rings. The van der Waals surface area contributed by atoms with E-state index in [-0.39, 0.29) is 5.91 Å². The van der Waals surface area contributed by atoms with Crippen LogP contribution in [0.25, 0.3) is 10.9 Å². The summed E-state index contributed by atoms with van der Waals surface area (Å²) in [6.45, 7) is 0. The highest BCUT2D eigenvalue weighted by Crippen LogP contribution is 2.20. The van der Waals surface area contributed by atoms with E-state index in [4.69, 9.17) is 0 Å². The highest BCUT2D eigenvalue weighted by molar-refractivity contribution is 6.07. The Hall–Kier alpha value is -2.69. The van der Waals surface area contributed by atoms with Gasteiger partial charge in [0, 0.05) is 24.8 Å². The van der Waals surface area contributed by atoms with Crippen LogP contribution >= 0.6 is 0 Å². The van der Waals surface area contributed by atoms with Crippen LogP contribution in [-0.2, 0) is 7.05 Å². The van der Waals surface area contributed by atoms with E-state index in [9.17, 15) is 4.79 Å². The zero-order chi connectivity index (χ0) is 13.2. The molecule has 0 fully saturated rings. The average Bonchev–Trinajstić information content (AvgIpc) is 2.86. The Kier molecular flexibility index (Phi) is 2.72. The third kappa shape index (κ3) is 2.18. The normalized spacial score (nSPS) is 10.6. The summed E-state index contributed by atoms with van der Waals surface area (Å²) in [5.41, 5.74) is 1.85. The fraction of sp³-hybridized carbons (Fsp3) is 0.0714. The Morgan fingerprint density at radius 1 is 1.21 bits per heavy atom. The number of aromatic nitrogens is 3. The summed E-state index contributed by atoms with van der Waals surface area (Å²) in [6, 6.07) is 11.2. The number of nitrogens with one attached hydrogen (secondary N) is 1. The van der Waals surface area contributed by atoms with Gasteiger partial charge in [0.15, 0.2) is 5.69 Å². The number of benzene rings is 1. The maximum absolute atomic E-state index is 12.1. The van der Waals surface area contributed by atoms with Crippen molar-refractivity contribution in [3.8, 4) is 0 Å². The molecule has 0 aliphatic heterocycles. The SMILES string of the molecule is Cn1ccc(C(=O)Nc2cccc3cccnc23)n1. The summed E-state index contributed by atoms with van der Waals surface area (Å²) >= 11 is 0. The molecule has 3 rings (SSSR count). The summed E-state index contributed by atoms with van der Waals surface area (Å²) in [6.07, 6.45) is 3.44. The number of aryl methyl sites for hydroxylation is 1. The predicted octanol–water partition coefficient (Wildman–Crippen LogP) is 2.22. The first-order chi connectivity index (χ1) is 9.24. The van der Waals surface area contributed by atoms with Gasteiger partial charge in [0.1, 0.15) is 0 Å². The highest BCUT2D eigenvalue weighted by Gasteiger charge is 2.10. The predicted molar refractivity (Wildman–Crippen MR) is 72.9 cm³/mol. The topological polar surface area (TPSA) is 59.8 Å². The van der Waals surface area contributed by atoms with Crippen molar-refractivity contribution in [1.82, 2.24) is 14.8 Å². The van der Waals surface area contributed by atoms with E-state index < -0.39 is 0 Å². The Morgan fingerprint density at radius 2 is 2.05 bits per heavy atom. The lowest BCUT2D eigenvalue weighted by molar-refractivity contribution is 0.102. The standard InChI is InChI=1S/C14H12N4O/c1-18-9-7-12(17-18)14(19)16-11-6-2-4-10-5-3-8-15-13(10)11/h2-9H,1H3,(H,16,19). The molecule has 2 aromatic heterocycles. The fourth-order valence-electron chi connectivity index (χ4n) is 1.93. The molecular weight excluding hydrogens is 240 g/mol. The third-order valence-electron chi connectivity index (χ3n) is 2.83. The summed E-state index contributed by atoms with van der Waals surface area (Å²) in [5.74, 6) is -0.237. The van der Waals surface area contributed by atoms with Crippen molar-refractivity contribution in [3.05, 3.63) is 54.5 Å². The van der Waals surface area contributed by atoms with Gasteiger partial charge in [0.05, 0.1) is 11.2 Å². The van der Waals surface area contributed by atoms with E-state index in [1.54, 1.807) is 30.2 Å². The van der Waals surface area contributed by atoms with Crippen molar-refractivity contribution >= 4 is 22.5 Å². The fourth-order valence-corrected chi connectivity index (χ4v) is 1.93. The van der Waals surface area contributed by atoms with Gasteiger partial charge in [-0.1, -0.05) is 18.2 Å².